The number of carboxylic acids is 1. The van der Waals surface area contributed by atoms with Gasteiger partial charge in [-0.2, -0.15) is 0 Å². The Balaban J connectivity index is 2.31. The number of ether oxygens (including phenoxy) is 1. The molecular formula is C12H14ClNO3. The molecule has 5 heteroatoms. The van der Waals surface area contributed by atoms with E-state index in [-0.39, 0.29) is 12.5 Å². The van der Waals surface area contributed by atoms with Crippen molar-refractivity contribution in [1.29, 1.82) is 0 Å². The van der Waals surface area contributed by atoms with E-state index >= 15 is 0 Å². The number of aliphatic carboxylic acids is 1. The van der Waals surface area contributed by atoms with Crippen molar-refractivity contribution in [1.82, 2.24) is 0 Å². The molecule has 4 nitrogen and oxygen atoms in total. The van der Waals surface area contributed by atoms with E-state index in [0.29, 0.717) is 11.6 Å². The summed E-state index contributed by atoms with van der Waals surface area (Å²) in [6.45, 7) is 3.12. The fourth-order valence-corrected chi connectivity index (χ4v) is 2.28. The number of likely N-dealkylation sites (N-methyl/N-ethyl adjacent to an activating group) is 1. The monoisotopic (exact) mass is 255 g/mol. The van der Waals surface area contributed by atoms with Crippen LogP contribution in [0.1, 0.15) is 13.3 Å². The number of hydrogen-bond acceptors (Lipinski definition) is 3. The van der Waals surface area contributed by atoms with Crippen LogP contribution in [0.25, 0.3) is 0 Å². The van der Waals surface area contributed by atoms with Crippen LogP contribution in [0.3, 0.4) is 0 Å². The van der Waals surface area contributed by atoms with Crippen molar-refractivity contribution in [3.8, 4) is 5.75 Å². The number of hydrogen-bond donors (Lipinski definition) is 1. The first-order chi connectivity index (χ1) is 8.11. The van der Waals surface area contributed by atoms with Gasteiger partial charge in [-0.05, 0) is 25.1 Å². The summed E-state index contributed by atoms with van der Waals surface area (Å²) in [6, 6.07) is 5.26. The largest absolute Gasteiger partial charge is 0.489 e. The van der Waals surface area contributed by atoms with E-state index in [9.17, 15) is 4.79 Å². The van der Waals surface area contributed by atoms with E-state index in [4.69, 9.17) is 21.4 Å². The van der Waals surface area contributed by atoms with E-state index in [1.807, 2.05) is 24.0 Å². The Morgan fingerprint density at radius 2 is 2.41 bits per heavy atom. The third-order valence-corrected chi connectivity index (χ3v) is 3.09. The van der Waals surface area contributed by atoms with Gasteiger partial charge in [-0.1, -0.05) is 11.6 Å². The Morgan fingerprint density at radius 1 is 1.65 bits per heavy atom. The number of anilines is 1. The molecule has 1 atom stereocenters. The maximum absolute atomic E-state index is 10.8. The van der Waals surface area contributed by atoms with Gasteiger partial charge in [-0.25, -0.2) is 0 Å². The van der Waals surface area contributed by atoms with Gasteiger partial charge in [0.15, 0.2) is 0 Å². The van der Waals surface area contributed by atoms with E-state index in [1.54, 1.807) is 6.07 Å². The van der Waals surface area contributed by atoms with Gasteiger partial charge in [0.2, 0.25) is 0 Å². The highest BCUT2D eigenvalue weighted by atomic mass is 35.5. The Kier molecular flexibility index (Phi) is 3.43. The lowest BCUT2D eigenvalue weighted by atomic mass is 10.1. The Hall–Kier alpha value is -1.42. The van der Waals surface area contributed by atoms with Crippen molar-refractivity contribution < 1.29 is 14.6 Å². The number of carboxylic acid groups (broad SMARTS) is 1. The third-order valence-electron chi connectivity index (χ3n) is 2.85. The van der Waals surface area contributed by atoms with E-state index in [1.165, 1.54) is 0 Å². The standard InChI is InChI=1S/C12H14ClNO3/c1-2-14-9(6-12(15)16)7-17-11-4-3-8(13)5-10(11)14/h3-5,9H,2,6-7H2,1H3,(H,15,16)/t9-/m1/s1. The maximum atomic E-state index is 10.8. The number of nitrogens with zero attached hydrogens (tertiary/aromatic N) is 1. The zero-order chi connectivity index (χ0) is 12.4. The molecule has 17 heavy (non-hydrogen) atoms. The highest BCUT2D eigenvalue weighted by Crippen LogP contribution is 2.36. The van der Waals surface area contributed by atoms with E-state index in [0.717, 1.165) is 18.0 Å². The zero-order valence-electron chi connectivity index (χ0n) is 9.52. The summed E-state index contributed by atoms with van der Waals surface area (Å²) < 4.78 is 5.56. The minimum absolute atomic E-state index is 0.0692. The molecule has 1 N–H and O–H groups in total. The first kappa shape index (κ1) is 12.0. The highest BCUT2D eigenvalue weighted by molar-refractivity contribution is 6.31. The molecule has 0 saturated heterocycles. The highest BCUT2D eigenvalue weighted by Gasteiger charge is 2.28. The molecule has 0 amide bonds. The minimum atomic E-state index is -0.817. The van der Waals surface area contributed by atoms with Gasteiger partial charge in [0.05, 0.1) is 18.2 Å². The molecule has 2 rings (SSSR count). The van der Waals surface area contributed by atoms with Crippen LogP contribution in [0, 0.1) is 0 Å². The molecule has 0 saturated carbocycles. The van der Waals surface area contributed by atoms with Crippen molar-refractivity contribution in [2.75, 3.05) is 18.1 Å². The lowest BCUT2D eigenvalue weighted by Crippen LogP contribution is -2.44. The van der Waals surface area contributed by atoms with Gasteiger partial charge >= 0.3 is 5.97 Å². The molecule has 1 aliphatic heterocycles. The van der Waals surface area contributed by atoms with Crippen LogP contribution in [-0.2, 0) is 4.79 Å². The second-order valence-electron chi connectivity index (χ2n) is 3.96. The lowest BCUT2D eigenvalue weighted by Gasteiger charge is -2.37. The van der Waals surface area contributed by atoms with Gasteiger partial charge in [0.25, 0.3) is 0 Å². The normalized spacial score (nSPS) is 18.5. The fraction of sp³-hybridized carbons (Fsp3) is 0.417. The molecule has 1 aromatic carbocycles. The van der Waals surface area contributed by atoms with Crippen LogP contribution in [-0.4, -0.2) is 30.3 Å². The quantitative estimate of drug-likeness (QED) is 0.901. The van der Waals surface area contributed by atoms with Crippen LogP contribution in [0.4, 0.5) is 5.69 Å². The molecule has 1 aromatic rings. The number of benzene rings is 1. The molecule has 0 fully saturated rings. The van der Waals surface area contributed by atoms with Gasteiger partial charge in [-0.3, -0.25) is 4.79 Å². The average Bonchev–Trinajstić information content (AvgIpc) is 2.28. The van der Waals surface area contributed by atoms with Crippen molar-refractivity contribution in [2.24, 2.45) is 0 Å². The molecule has 0 aliphatic carbocycles. The molecule has 1 aliphatic rings. The summed E-state index contributed by atoms with van der Waals surface area (Å²) in [4.78, 5) is 12.8. The molecular weight excluding hydrogens is 242 g/mol. The number of fused-ring (bicyclic) bond motifs is 1. The van der Waals surface area contributed by atoms with Crippen molar-refractivity contribution in [3.05, 3.63) is 23.2 Å². The molecule has 0 aromatic heterocycles. The van der Waals surface area contributed by atoms with Crippen molar-refractivity contribution >= 4 is 23.3 Å². The molecule has 0 radical (unpaired) electrons. The van der Waals surface area contributed by atoms with Crippen LogP contribution < -0.4 is 9.64 Å². The molecule has 0 spiro atoms. The summed E-state index contributed by atoms with van der Waals surface area (Å²) in [5.41, 5.74) is 0.873. The molecule has 0 bridgehead atoms. The first-order valence-electron chi connectivity index (χ1n) is 5.52. The maximum Gasteiger partial charge on any atom is 0.305 e. The van der Waals surface area contributed by atoms with Crippen LogP contribution in [0.5, 0.6) is 5.75 Å². The minimum Gasteiger partial charge on any atom is -0.489 e. The summed E-state index contributed by atoms with van der Waals surface area (Å²) in [6.07, 6.45) is 0.0692. The summed E-state index contributed by atoms with van der Waals surface area (Å²) in [5, 5.41) is 9.50. The lowest BCUT2D eigenvalue weighted by molar-refractivity contribution is -0.137. The average molecular weight is 256 g/mol. The van der Waals surface area contributed by atoms with Crippen LogP contribution in [0.2, 0.25) is 5.02 Å². The first-order valence-corrected chi connectivity index (χ1v) is 5.90. The summed E-state index contributed by atoms with van der Waals surface area (Å²) >= 11 is 5.95. The van der Waals surface area contributed by atoms with Gasteiger partial charge in [0.1, 0.15) is 12.4 Å². The Bertz CT molecular complexity index is 436. The van der Waals surface area contributed by atoms with Crippen molar-refractivity contribution in [2.45, 2.75) is 19.4 Å². The third kappa shape index (κ3) is 2.47. The fourth-order valence-electron chi connectivity index (χ4n) is 2.11. The molecule has 0 unspecified atom stereocenters. The van der Waals surface area contributed by atoms with Crippen molar-refractivity contribution in [3.63, 3.8) is 0 Å². The molecule has 1 heterocycles. The number of halogens is 1. The van der Waals surface area contributed by atoms with Gasteiger partial charge < -0.3 is 14.7 Å². The van der Waals surface area contributed by atoms with Gasteiger partial charge in [0, 0.05) is 11.6 Å². The topological polar surface area (TPSA) is 49.8 Å². The van der Waals surface area contributed by atoms with Gasteiger partial charge in [-0.15, -0.1) is 0 Å². The molecule has 92 valence electrons. The van der Waals surface area contributed by atoms with Crippen LogP contribution in [0.15, 0.2) is 18.2 Å². The number of carbonyl (C=O) groups is 1. The SMILES string of the molecule is CCN1c2cc(Cl)ccc2OC[C@H]1CC(=O)O. The smallest absolute Gasteiger partial charge is 0.305 e. The number of rotatable bonds is 3. The summed E-state index contributed by atoms with van der Waals surface area (Å²) in [7, 11) is 0. The predicted octanol–water partition coefficient (Wildman–Crippen LogP) is 2.40. The Labute approximate surface area is 105 Å². The zero-order valence-corrected chi connectivity index (χ0v) is 10.3. The van der Waals surface area contributed by atoms with E-state index < -0.39 is 5.97 Å². The summed E-state index contributed by atoms with van der Waals surface area (Å²) in [5.74, 6) is -0.0552. The Morgan fingerprint density at radius 3 is 3.06 bits per heavy atom. The van der Waals surface area contributed by atoms with E-state index in [2.05, 4.69) is 0 Å². The second kappa shape index (κ2) is 4.84. The van der Waals surface area contributed by atoms with Crippen LogP contribution >= 0.6 is 11.6 Å². The predicted molar refractivity (Wildman–Crippen MR) is 66.0 cm³/mol. The second-order valence-corrected chi connectivity index (χ2v) is 4.40.